The SMILES string of the molecule is C/C(=N\NS(=O)(=O)c1ccc(Cl)cc1)c1cccc(NC(=O)c2ccccc2)c1. The lowest BCUT2D eigenvalue weighted by Crippen LogP contribution is -2.20. The van der Waals surface area contributed by atoms with Gasteiger partial charge in [0.25, 0.3) is 15.9 Å². The van der Waals surface area contributed by atoms with Crippen molar-refractivity contribution in [3.8, 4) is 0 Å². The van der Waals surface area contributed by atoms with E-state index in [1.807, 2.05) is 6.07 Å². The predicted molar refractivity (Wildman–Crippen MR) is 115 cm³/mol. The van der Waals surface area contributed by atoms with E-state index in [4.69, 9.17) is 11.6 Å². The summed E-state index contributed by atoms with van der Waals surface area (Å²) in [6.45, 7) is 1.67. The number of halogens is 1. The van der Waals surface area contributed by atoms with Crippen LogP contribution in [0.25, 0.3) is 0 Å². The Morgan fingerprint density at radius 1 is 0.897 bits per heavy atom. The number of sulfonamides is 1. The van der Waals surface area contributed by atoms with Gasteiger partial charge in [-0.05, 0) is 61.0 Å². The first kappa shape index (κ1) is 20.6. The van der Waals surface area contributed by atoms with Crippen molar-refractivity contribution in [3.05, 3.63) is 95.0 Å². The van der Waals surface area contributed by atoms with E-state index in [1.165, 1.54) is 24.3 Å². The molecule has 0 aliphatic heterocycles. The van der Waals surface area contributed by atoms with Gasteiger partial charge in [-0.15, -0.1) is 0 Å². The maximum Gasteiger partial charge on any atom is 0.276 e. The first-order chi connectivity index (χ1) is 13.8. The molecular weight excluding hydrogens is 410 g/mol. The van der Waals surface area contributed by atoms with Crippen molar-refractivity contribution in [2.24, 2.45) is 5.10 Å². The fraction of sp³-hybridized carbons (Fsp3) is 0.0476. The van der Waals surface area contributed by atoms with Crippen molar-refractivity contribution in [1.82, 2.24) is 4.83 Å². The lowest BCUT2D eigenvalue weighted by molar-refractivity contribution is 0.102. The van der Waals surface area contributed by atoms with Crippen LogP contribution >= 0.6 is 11.6 Å². The Hall–Kier alpha value is -3.16. The lowest BCUT2D eigenvalue weighted by atomic mass is 10.1. The molecule has 148 valence electrons. The minimum absolute atomic E-state index is 0.0577. The highest BCUT2D eigenvalue weighted by Gasteiger charge is 2.13. The fourth-order valence-corrected chi connectivity index (χ4v) is 3.46. The van der Waals surface area contributed by atoms with Gasteiger partial charge in [-0.2, -0.15) is 18.4 Å². The molecule has 0 bridgehead atoms. The molecule has 0 saturated carbocycles. The number of hydrogen-bond donors (Lipinski definition) is 2. The lowest BCUT2D eigenvalue weighted by Gasteiger charge is -2.08. The van der Waals surface area contributed by atoms with Crippen LogP contribution in [0.15, 0.2) is 88.9 Å². The number of rotatable bonds is 6. The highest BCUT2D eigenvalue weighted by molar-refractivity contribution is 7.89. The van der Waals surface area contributed by atoms with Crippen molar-refractivity contribution >= 4 is 38.9 Å². The van der Waals surface area contributed by atoms with Crippen molar-refractivity contribution in [2.45, 2.75) is 11.8 Å². The van der Waals surface area contributed by atoms with Crippen LogP contribution in [-0.2, 0) is 10.0 Å². The number of benzene rings is 3. The summed E-state index contributed by atoms with van der Waals surface area (Å²) in [5.41, 5.74) is 2.22. The molecule has 0 heterocycles. The molecule has 3 rings (SSSR count). The minimum atomic E-state index is -3.81. The summed E-state index contributed by atoms with van der Waals surface area (Å²) in [5, 5.41) is 7.23. The maximum atomic E-state index is 12.3. The molecule has 0 aromatic heterocycles. The van der Waals surface area contributed by atoms with Gasteiger partial charge >= 0.3 is 0 Å². The summed E-state index contributed by atoms with van der Waals surface area (Å²) in [6, 6.07) is 21.6. The second-order valence-electron chi connectivity index (χ2n) is 6.15. The number of amides is 1. The first-order valence-electron chi connectivity index (χ1n) is 8.64. The second-order valence-corrected chi connectivity index (χ2v) is 8.24. The zero-order chi connectivity index (χ0) is 20.9. The Morgan fingerprint density at radius 3 is 2.24 bits per heavy atom. The van der Waals surface area contributed by atoms with E-state index in [1.54, 1.807) is 55.5 Å². The van der Waals surface area contributed by atoms with Crippen LogP contribution in [0.2, 0.25) is 5.02 Å². The minimum Gasteiger partial charge on any atom is -0.322 e. The number of carbonyl (C=O) groups is 1. The molecule has 6 nitrogen and oxygen atoms in total. The van der Waals surface area contributed by atoms with Gasteiger partial charge < -0.3 is 5.32 Å². The van der Waals surface area contributed by atoms with Gasteiger partial charge in [0.15, 0.2) is 0 Å². The largest absolute Gasteiger partial charge is 0.322 e. The Balaban J connectivity index is 1.74. The standard InChI is InChI=1S/C21H18ClN3O3S/c1-15(24-25-29(27,28)20-12-10-18(22)11-13-20)17-8-5-9-19(14-17)23-21(26)16-6-3-2-4-7-16/h2-14,25H,1H3,(H,23,26)/b24-15+. The summed E-state index contributed by atoms with van der Waals surface area (Å²) in [4.78, 5) is 14.6. The molecule has 0 unspecified atom stereocenters. The van der Waals surface area contributed by atoms with Gasteiger partial charge in [0.2, 0.25) is 0 Å². The molecule has 29 heavy (non-hydrogen) atoms. The summed E-state index contributed by atoms with van der Waals surface area (Å²) in [5.74, 6) is -0.235. The molecule has 3 aromatic carbocycles. The molecule has 1 amide bonds. The van der Waals surface area contributed by atoms with Gasteiger partial charge in [-0.1, -0.05) is 41.9 Å². The fourth-order valence-electron chi connectivity index (χ4n) is 2.47. The van der Waals surface area contributed by atoms with E-state index in [-0.39, 0.29) is 10.8 Å². The van der Waals surface area contributed by atoms with E-state index >= 15 is 0 Å². The molecule has 0 aliphatic carbocycles. The number of nitrogens with zero attached hydrogens (tertiary/aromatic N) is 1. The van der Waals surface area contributed by atoms with Gasteiger partial charge in [-0.3, -0.25) is 4.79 Å². The smallest absolute Gasteiger partial charge is 0.276 e. The average Bonchev–Trinajstić information content (AvgIpc) is 2.73. The Bertz CT molecular complexity index is 1150. The molecular formula is C21H18ClN3O3S. The molecule has 0 radical (unpaired) electrons. The van der Waals surface area contributed by atoms with E-state index in [0.29, 0.717) is 27.5 Å². The maximum absolute atomic E-state index is 12.3. The molecule has 0 spiro atoms. The van der Waals surface area contributed by atoms with Crippen LogP contribution < -0.4 is 10.1 Å². The van der Waals surface area contributed by atoms with Crippen LogP contribution in [-0.4, -0.2) is 20.0 Å². The number of nitrogens with one attached hydrogen (secondary N) is 2. The molecule has 2 N–H and O–H groups in total. The summed E-state index contributed by atoms with van der Waals surface area (Å²) in [6.07, 6.45) is 0. The zero-order valence-electron chi connectivity index (χ0n) is 15.5. The molecule has 0 fully saturated rings. The highest BCUT2D eigenvalue weighted by atomic mass is 35.5. The quantitative estimate of drug-likeness (QED) is 0.454. The number of carbonyl (C=O) groups excluding carboxylic acids is 1. The Morgan fingerprint density at radius 2 is 1.55 bits per heavy atom. The van der Waals surface area contributed by atoms with Gasteiger partial charge in [0.05, 0.1) is 10.6 Å². The van der Waals surface area contributed by atoms with E-state index in [2.05, 4.69) is 15.2 Å². The average molecular weight is 428 g/mol. The normalized spacial score (nSPS) is 11.7. The predicted octanol–water partition coefficient (Wildman–Crippen LogP) is 4.29. The number of hydrazone groups is 1. The van der Waals surface area contributed by atoms with Gasteiger partial charge in [0, 0.05) is 16.3 Å². The van der Waals surface area contributed by atoms with Crippen LogP contribution in [0.3, 0.4) is 0 Å². The topological polar surface area (TPSA) is 87.6 Å². The Labute approximate surface area is 174 Å². The molecule has 8 heteroatoms. The van der Waals surface area contributed by atoms with Crippen LogP contribution in [0.5, 0.6) is 0 Å². The van der Waals surface area contributed by atoms with Crippen molar-refractivity contribution in [1.29, 1.82) is 0 Å². The molecule has 0 atom stereocenters. The van der Waals surface area contributed by atoms with Crippen molar-refractivity contribution in [2.75, 3.05) is 5.32 Å². The Kier molecular flexibility index (Phi) is 6.31. The second kappa shape index (κ2) is 8.89. The number of hydrogen-bond acceptors (Lipinski definition) is 4. The third kappa shape index (κ3) is 5.43. The first-order valence-corrected chi connectivity index (χ1v) is 10.5. The zero-order valence-corrected chi connectivity index (χ0v) is 17.0. The summed E-state index contributed by atoms with van der Waals surface area (Å²) >= 11 is 5.79. The van der Waals surface area contributed by atoms with Gasteiger partial charge in [0.1, 0.15) is 0 Å². The summed E-state index contributed by atoms with van der Waals surface area (Å²) in [7, 11) is -3.81. The molecule has 3 aromatic rings. The molecule has 0 saturated heterocycles. The van der Waals surface area contributed by atoms with Crippen molar-refractivity contribution in [3.63, 3.8) is 0 Å². The van der Waals surface area contributed by atoms with E-state index < -0.39 is 10.0 Å². The number of anilines is 1. The van der Waals surface area contributed by atoms with E-state index in [9.17, 15) is 13.2 Å². The van der Waals surface area contributed by atoms with Gasteiger partial charge in [-0.25, -0.2) is 0 Å². The van der Waals surface area contributed by atoms with Crippen LogP contribution in [0, 0.1) is 0 Å². The summed E-state index contributed by atoms with van der Waals surface area (Å²) < 4.78 is 24.7. The third-order valence-electron chi connectivity index (χ3n) is 4.03. The third-order valence-corrected chi connectivity index (χ3v) is 5.51. The van der Waals surface area contributed by atoms with E-state index in [0.717, 1.165) is 0 Å². The van der Waals surface area contributed by atoms with Crippen LogP contribution in [0.1, 0.15) is 22.8 Å². The monoisotopic (exact) mass is 427 g/mol. The van der Waals surface area contributed by atoms with Crippen LogP contribution in [0.4, 0.5) is 5.69 Å². The highest BCUT2D eigenvalue weighted by Crippen LogP contribution is 2.15. The van der Waals surface area contributed by atoms with Crippen molar-refractivity contribution < 1.29 is 13.2 Å². The molecule has 0 aliphatic rings.